The highest BCUT2D eigenvalue weighted by atomic mass is 16.3. The van der Waals surface area contributed by atoms with Crippen LogP contribution in [0.1, 0.15) is 5.56 Å². The summed E-state index contributed by atoms with van der Waals surface area (Å²) in [5.74, 6) is -0.124. The van der Waals surface area contributed by atoms with E-state index in [4.69, 9.17) is 4.42 Å². The molecule has 0 fully saturated rings. The van der Waals surface area contributed by atoms with Crippen molar-refractivity contribution >= 4 is 22.6 Å². The molecule has 0 aliphatic carbocycles. The molecule has 0 saturated heterocycles. The predicted octanol–water partition coefficient (Wildman–Crippen LogP) is 2.97. The van der Waals surface area contributed by atoms with E-state index in [1.54, 1.807) is 18.2 Å². The summed E-state index contributed by atoms with van der Waals surface area (Å²) in [6, 6.07) is 15.9. The standard InChI is InChI=1S/C17H13NO3/c19-15-8-9-21-16-7-6-13(11-14(15)16)18-17(20)10-12-4-2-1-3-5-12/h1-9,11H,10H2,(H,18,20). The average molecular weight is 279 g/mol. The SMILES string of the molecule is O=C(Cc1ccccc1)Nc1ccc2occc(=O)c2c1. The van der Waals surface area contributed by atoms with E-state index in [1.165, 1.54) is 12.3 Å². The van der Waals surface area contributed by atoms with E-state index >= 15 is 0 Å². The third-order valence-corrected chi connectivity index (χ3v) is 3.15. The number of hydrogen-bond donors (Lipinski definition) is 1. The normalized spacial score (nSPS) is 10.5. The first-order valence-electron chi connectivity index (χ1n) is 6.58. The van der Waals surface area contributed by atoms with Crippen molar-refractivity contribution in [3.05, 3.63) is 76.6 Å². The molecule has 3 aromatic rings. The number of fused-ring (bicyclic) bond motifs is 1. The molecule has 0 spiro atoms. The second kappa shape index (κ2) is 5.63. The van der Waals surface area contributed by atoms with Crippen molar-refractivity contribution in [3.8, 4) is 0 Å². The fourth-order valence-electron chi connectivity index (χ4n) is 2.15. The van der Waals surface area contributed by atoms with Crippen LogP contribution in [-0.2, 0) is 11.2 Å². The van der Waals surface area contributed by atoms with E-state index in [0.717, 1.165) is 5.56 Å². The average Bonchev–Trinajstić information content (AvgIpc) is 2.49. The van der Waals surface area contributed by atoms with Crippen LogP contribution in [0.5, 0.6) is 0 Å². The molecule has 3 rings (SSSR count). The lowest BCUT2D eigenvalue weighted by molar-refractivity contribution is -0.115. The Bertz CT molecular complexity index is 837. The van der Waals surface area contributed by atoms with Crippen molar-refractivity contribution in [1.82, 2.24) is 0 Å². The highest BCUT2D eigenvalue weighted by Gasteiger charge is 2.06. The number of nitrogens with one attached hydrogen (secondary N) is 1. The van der Waals surface area contributed by atoms with E-state index in [2.05, 4.69) is 5.32 Å². The van der Waals surface area contributed by atoms with Crippen LogP contribution in [0.25, 0.3) is 11.0 Å². The summed E-state index contributed by atoms with van der Waals surface area (Å²) in [7, 11) is 0. The number of rotatable bonds is 3. The maximum atomic E-state index is 12.0. The van der Waals surface area contributed by atoms with Crippen LogP contribution in [0.4, 0.5) is 5.69 Å². The van der Waals surface area contributed by atoms with Crippen molar-refractivity contribution in [1.29, 1.82) is 0 Å². The largest absolute Gasteiger partial charge is 0.464 e. The number of carbonyl (C=O) groups excluding carboxylic acids is 1. The van der Waals surface area contributed by atoms with Gasteiger partial charge in [0.1, 0.15) is 5.58 Å². The zero-order valence-electron chi connectivity index (χ0n) is 11.2. The number of hydrogen-bond acceptors (Lipinski definition) is 3. The fourth-order valence-corrected chi connectivity index (χ4v) is 2.15. The van der Waals surface area contributed by atoms with E-state index in [-0.39, 0.29) is 11.3 Å². The van der Waals surface area contributed by atoms with Crippen molar-refractivity contribution in [2.24, 2.45) is 0 Å². The van der Waals surface area contributed by atoms with Gasteiger partial charge in [-0.05, 0) is 23.8 Å². The molecule has 0 atom stereocenters. The van der Waals surface area contributed by atoms with E-state index in [9.17, 15) is 9.59 Å². The van der Waals surface area contributed by atoms with E-state index in [0.29, 0.717) is 23.1 Å². The minimum absolute atomic E-state index is 0.124. The Morgan fingerprint density at radius 3 is 2.67 bits per heavy atom. The maximum Gasteiger partial charge on any atom is 0.228 e. The molecule has 1 amide bonds. The zero-order chi connectivity index (χ0) is 14.7. The summed E-state index contributed by atoms with van der Waals surface area (Å²) < 4.78 is 5.24. The second-order valence-corrected chi connectivity index (χ2v) is 4.71. The van der Waals surface area contributed by atoms with Crippen LogP contribution in [-0.4, -0.2) is 5.91 Å². The Morgan fingerprint density at radius 1 is 1.05 bits per heavy atom. The van der Waals surface area contributed by atoms with Gasteiger partial charge in [0, 0.05) is 11.8 Å². The molecule has 4 heteroatoms. The Morgan fingerprint density at radius 2 is 1.86 bits per heavy atom. The topological polar surface area (TPSA) is 59.3 Å². The van der Waals surface area contributed by atoms with Gasteiger partial charge in [-0.25, -0.2) is 0 Å². The molecule has 104 valence electrons. The van der Waals surface area contributed by atoms with Gasteiger partial charge in [-0.3, -0.25) is 9.59 Å². The van der Waals surface area contributed by atoms with Gasteiger partial charge >= 0.3 is 0 Å². The number of carbonyl (C=O) groups is 1. The van der Waals surface area contributed by atoms with Gasteiger partial charge in [-0.15, -0.1) is 0 Å². The fraction of sp³-hybridized carbons (Fsp3) is 0.0588. The van der Waals surface area contributed by atoms with Crippen molar-refractivity contribution in [2.75, 3.05) is 5.32 Å². The summed E-state index contributed by atoms with van der Waals surface area (Å²) in [4.78, 5) is 23.7. The first-order valence-corrected chi connectivity index (χ1v) is 6.58. The number of amides is 1. The molecule has 0 saturated carbocycles. The van der Waals surface area contributed by atoms with Gasteiger partial charge in [0.15, 0.2) is 5.43 Å². The highest BCUT2D eigenvalue weighted by Crippen LogP contribution is 2.16. The van der Waals surface area contributed by atoms with Crippen molar-refractivity contribution in [2.45, 2.75) is 6.42 Å². The molecule has 0 aliphatic heterocycles. The maximum absolute atomic E-state index is 12.0. The van der Waals surface area contributed by atoms with Gasteiger partial charge in [-0.2, -0.15) is 0 Å². The predicted molar refractivity (Wildman–Crippen MR) is 81.3 cm³/mol. The quantitative estimate of drug-likeness (QED) is 0.801. The molecule has 1 N–H and O–H groups in total. The van der Waals surface area contributed by atoms with Gasteiger partial charge in [0.25, 0.3) is 0 Å². The van der Waals surface area contributed by atoms with Gasteiger partial charge < -0.3 is 9.73 Å². The summed E-state index contributed by atoms with van der Waals surface area (Å²) in [6.45, 7) is 0. The summed E-state index contributed by atoms with van der Waals surface area (Å²) >= 11 is 0. The first-order chi connectivity index (χ1) is 10.2. The van der Waals surface area contributed by atoms with Crippen LogP contribution in [0.3, 0.4) is 0 Å². The molecule has 1 aromatic heterocycles. The van der Waals surface area contributed by atoms with Gasteiger partial charge in [0.2, 0.25) is 5.91 Å². The summed E-state index contributed by atoms with van der Waals surface area (Å²) in [5, 5.41) is 3.24. The Hall–Kier alpha value is -2.88. The van der Waals surface area contributed by atoms with Crippen LogP contribution < -0.4 is 10.7 Å². The number of benzene rings is 2. The summed E-state index contributed by atoms with van der Waals surface area (Å²) in [5.41, 5.74) is 1.90. The second-order valence-electron chi connectivity index (χ2n) is 4.71. The van der Waals surface area contributed by atoms with Crippen LogP contribution in [0, 0.1) is 0 Å². The van der Waals surface area contributed by atoms with Crippen LogP contribution >= 0.6 is 0 Å². The van der Waals surface area contributed by atoms with Crippen LogP contribution in [0.2, 0.25) is 0 Å². The van der Waals surface area contributed by atoms with Gasteiger partial charge in [-0.1, -0.05) is 30.3 Å². The molecule has 0 bridgehead atoms. The molecular formula is C17H13NO3. The van der Waals surface area contributed by atoms with Crippen molar-refractivity contribution < 1.29 is 9.21 Å². The molecule has 4 nitrogen and oxygen atoms in total. The molecule has 2 aromatic carbocycles. The monoisotopic (exact) mass is 279 g/mol. The molecule has 0 radical (unpaired) electrons. The van der Waals surface area contributed by atoms with E-state index < -0.39 is 0 Å². The molecular weight excluding hydrogens is 266 g/mol. The minimum atomic E-state index is -0.129. The lowest BCUT2D eigenvalue weighted by Gasteiger charge is -2.06. The Labute approximate surface area is 121 Å². The molecule has 0 aliphatic rings. The third kappa shape index (κ3) is 3.00. The minimum Gasteiger partial charge on any atom is -0.464 e. The van der Waals surface area contributed by atoms with E-state index in [1.807, 2.05) is 30.3 Å². The van der Waals surface area contributed by atoms with Gasteiger partial charge in [0.05, 0.1) is 18.1 Å². The lowest BCUT2D eigenvalue weighted by Crippen LogP contribution is -2.14. The van der Waals surface area contributed by atoms with Crippen LogP contribution in [0.15, 0.2) is 70.1 Å². The highest BCUT2D eigenvalue weighted by molar-refractivity contribution is 5.94. The molecule has 21 heavy (non-hydrogen) atoms. The molecule has 0 unspecified atom stereocenters. The zero-order valence-corrected chi connectivity index (χ0v) is 11.2. The summed E-state index contributed by atoms with van der Waals surface area (Å²) in [6.07, 6.45) is 1.65. The smallest absolute Gasteiger partial charge is 0.228 e. The first kappa shape index (κ1) is 13.1. The Balaban J connectivity index is 1.80. The third-order valence-electron chi connectivity index (χ3n) is 3.15. The van der Waals surface area contributed by atoms with Crippen molar-refractivity contribution in [3.63, 3.8) is 0 Å². The number of anilines is 1. The Kier molecular flexibility index (Phi) is 3.51. The lowest BCUT2D eigenvalue weighted by atomic mass is 10.1. The molecule has 1 heterocycles.